The van der Waals surface area contributed by atoms with Crippen LogP contribution in [0.4, 0.5) is 10.2 Å². The molecule has 0 spiro atoms. The van der Waals surface area contributed by atoms with Crippen molar-refractivity contribution in [3.8, 4) is 12.3 Å². The largest absolute Gasteiger partial charge is 0.459 e. The Kier molecular flexibility index (Phi) is 6.08. The minimum absolute atomic E-state index is 0.0381. The van der Waals surface area contributed by atoms with Gasteiger partial charge >= 0.3 is 11.9 Å². The molecule has 0 aliphatic carbocycles. The van der Waals surface area contributed by atoms with Gasteiger partial charge in [-0.15, -0.1) is 6.42 Å². The van der Waals surface area contributed by atoms with Crippen LogP contribution in [-0.4, -0.2) is 60.7 Å². The van der Waals surface area contributed by atoms with Crippen LogP contribution in [0.2, 0.25) is 0 Å². The lowest BCUT2D eigenvalue weighted by Crippen LogP contribution is -2.53. The minimum atomic E-state index is -2.98. The summed E-state index contributed by atoms with van der Waals surface area (Å²) in [5.74, 6) is -3.66. The maximum atomic E-state index is 16.1. The number of hydrogen-bond donors (Lipinski definition) is 2. The molecule has 12 heteroatoms. The van der Waals surface area contributed by atoms with Gasteiger partial charge < -0.3 is 25.1 Å². The van der Waals surface area contributed by atoms with Crippen molar-refractivity contribution >= 4 is 28.9 Å². The van der Waals surface area contributed by atoms with E-state index in [2.05, 4.69) is 20.9 Å². The molecule has 3 N–H and O–H groups in total. The monoisotopic (exact) mass is 449 g/mol. The van der Waals surface area contributed by atoms with Crippen molar-refractivity contribution in [1.82, 2.24) is 19.5 Å². The Morgan fingerprint density at radius 2 is 1.97 bits per heavy atom. The Hall–Kier alpha value is -3.30. The van der Waals surface area contributed by atoms with Crippen molar-refractivity contribution in [3.05, 3.63) is 12.7 Å². The molecule has 172 valence electrons. The molecule has 1 saturated heterocycles. The summed E-state index contributed by atoms with van der Waals surface area (Å²) in [6.07, 6.45) is 4.20. The van der Waals surface area contributed by atoms with Gasteiger partial charge in [0.25, 0.3) is 5.85 Å². The molecule has 2 aromatic heterocycles. The molecule has 1 aliphatic rings. The molecular weight excluding hydrogens is 425 g/mol. The quantitative estimate of drug-likeness (QED) is 0.477. The van der Waals surface area contributed by atoms with Gasteiger partial charge in [-0.2, -0.15) is 0 Å². The third-order valence-corrected chi connectivity index (χ3v) is 4.93. The Morgan fingerprint density at radius 1 is 1.31 bits per heavy atom. The fourth-order valence-electron chi connectivity index (χ4n) is 3.13. The number of imidazole rings is 1. The lowest BCUT2D eigenvalue weighted by Gasteiger charge is -2.30. The van der Waals surface area contributed by atoms with Crippen LogP contribution in [0.25, 0.3) is 11.2 Å². The normalized spacial score (nSPS) is 27.6. The second-order valence-electron chi connectivity index (χ2n) is 8.04. The second-order valence-corrected chi connectivity index (χ2v) is 8.04. The van der Waals surface area contributed by atoms with Crippen molar-refractivity contribution in [2.24, 2.45) is 11.8 Å². The molecule has 0 unspecified atom stereocenters. The van der Waals surface area contributed by atoms with Gasteiger partial charge in [0.1, 0.15) is 11.8 Å². The van der Waals surface area contributed by atoms with Gasteiger partial charge in [0.15, 0.2) is 24.3 Å². The van der Waals surface area contributed by atoms with Crippen LogP contribution in [0.3, 0.4) is 0 Å². The van der Waals surface area contributed by atoms with Gasteiger partial charge in [0.2, 0.25) is 11.7 Å². The number of carbonyl (C=O) groups is 2. The summed E-state index contributed by atoms with van der Waals surface area (Å²) in [5.41, 5.74) is 3.52. The fraction of sp³-hybridized carbons (Fsp3) is 0.550. The first kappa shape index (κ1) is 23.4. The van der Waals surface area contributed by atoms with Crippen LogP contribution >= 0.6 is 0 Å². The van der Waals surface area contributed by atoms with Gasteiger partial charge in [-0.3, -0.25) is 14.2 Å². The Labute approximate surface area is 183 Å². The van der Waals surface area contributed by atoms with Gasteiger partial charge in [0, 0.05) is 0 Å². The number of halogens is 1. The van der Waals surface area contributed by atoms with Crippen LogP contribution in [0.5, 0.6) is 0 Å². The number of carbonyl (C=O) groups excluding carboxylic acids is 2. The van der Waals surface area contributed by atoms with Crippen LogP contribution in [-0.2, 0) is 23.8 Å². The Balaban J connectivity index is 2.08. The highest BCUT2D eigenvalue weighted by atomic mass is 19.2. The SMILES string of the molecule is C#C[C@]1(O)[C@H](n2cnc3c(N)ncnc32)O[C@](F)(COC(=O)C(C)C)[C@H]1OC(=O)C(C)C. The number of anilines is 1. The van der Waals surface area contributed by atoms with E-state index in [9.17, 15) is 14.7 Å². The maximum Gasteiger partial charge on any atom is 0.308 e. The van der Waals surface area contributed by atoms with E-state index >= 15 is 4.39 Å². The molecule has 1 fully saturated rings. The molecule has 0 radical (unpaired) electrons. The standard InChI is InChI=1S/C20H24FN5O6/c1-6-19(29)17(31-16(28)11(4)5)20(21,7-30-15(27)10(2)3)32-18(19)26-9-25-12-13(22)23-8-24-14(12)26/h1,8-11,17-18,29H,7H2,2-5H3,(H2,22,23,24)/t17-,18+,19+,20+/m0/s1. The zero-order chi connectivity index (χ0) is 23.8. The van der Waals surface area contributed by atoms with Crippen molar-refractivity contribution in [2.45, 2.75) is 51.5 Å². The number of nitrogens with two attached hydrogens (primary N) is 1. The van der Waals surface area contributed by atoms with E-state index in [-0.39, 0.29) is 17.0 Å². The summed E-state index contributed by atoms with van der Waals surface area (Å²) in [7, 11) is 0. The molecular formula is C20H24FN5O6. The van der Waals surface area contributed by atoms with Crippen LogP contribution in [0.15, 0.2) is 12.7 Å². The molecule has 32 heavy (non-hydrogen) atoms. The summed E-state index contributed by atoms with van der Waals surface area (Å²) in [6.45, 7) is 5.17. The van der Waals surface area contributed by atoms with Crippen molar-refractivity contribution in [3.63, 3.8) is 0 Å². The van der Waals surface area contributed by atoms with E-state index in [1.165, 1.54) is 20.2 Å². The number of ether oxygens (including phenoxy) is 3. The summed E-state index contributed by atoms with van der Waals surface area (Å²) < 4.78 is 33.0. The maximum absolute atomic E-state index is 16.1. The minimum Gasteiger partial charge on any atom is -0.459 e. The molecule has 0 bridgehead atoms. The number of alkyl halides is 1. The first-order valence-corrected chi connectivity index (χ1v) is 9.81. The van der Waals surface area contributed by atoms with E-state index in [0.29, 0.717) is 0 Å². The van der Waals surface area contributed by atoms with Gasteiger partial charge in [-0.25, -0.2) is 19.3 Å². The van der Waals surface area contributed by atoms with E-state index in [4.69, 9.17) is 26.4 Å². The zero-order valence-electron chi connectivity index (χ0n) is 18.0. The van der Waals surface area contributed by atoms with Crippen molar-refractivity contribution in [1.29, 1.82) is 0 Å². The Morgan fingerprint density at radius 3 is 2.56 bits per heavy atom. The second kappa shape index (κ2) is 8.33. The molecule has 0 aromatic carbocycles. The van der Waals surface area contributed by atoms with Gasteiger partial charge in [0.05, 0.1) is 18.2 Å². The number of aromatic nitrogens is 4. The highest BCUT2D eigenvalue weighted by Gasteiger charge is 2.68. The average molecular weight is 449 g/mol. The smallest absolute Gasteiger partial charge is 0.308 e. The molecule has 0 saturated carbocycles. The number of rotatable bonds is 6. The average Bonchev–Trinajstić information content (AvgIpc) is 3.26. The number of hydrogen-bond acceptors (Lipinski definition) is 10. The molecule has 0 amide bonds. The number of nitrogens with zero attached hydrogens (tertiary/aromatic N) is 4. The molecule has 2 aromatic rings. The van der Waals surface area contributed by atoms with Crippen LogP contribution < -0.4 is 5.73 Å². The highest BCUT2D eigenvalue weighted by molar-refractivity contribution is 5.81. The lowest BCUT2D eigenvalue weighted by molar-refractivity contribution is -0.225. The molecule has 11 nitrogen and oxygen atoms in total. The molecule has 1 aliphatic heterocycles. The fourth-order valence-corrected chi connectivity index (χ4v) is 3.13. The lowest BCUT2D eigenvalue weighted by atomic mass is 9.93. The number of nitrogen functional groups attached to an aromatic ring is 1. The summed E-state index contributed by atoms with van der Waals surface area (Å²) in [6, 6.07) is 0. The molecule has 4 atom stereocenters. The van der Waals surface area contributed by atoms with E-state index in [0.717, 1.165) is 10.9 Å². The first-order valence-electron chi connectivity index (χ1n) is 9.81. The number of terminal acetylenes is 1. The van der Waals surface area contributed by atoms with Crippen molar-refractivity contribution < 1.29 is 33.3 Å². The van der Waals surface area contributed by atoms with E-state index in [1.807, 2.05) is 0 Å². The molecule has 3 rings (SSSR count). The summed E-state index contributed by atoms with van der Waals surface area (Å²) >= 11 is 0. The predicted molar refractivity (Wildman–Crippen MR) is 108 cm³/mol. The summed E-state index contributed by atoms with van der Waals surface area (Å²) in [4.78, 5) is 36.1. The predicted octanol–water partition coefficient (Wildman–Crippen LogP) is 0.734. The van der Waals surface area contributed by atoms with Gasteiger partial charge in [-0.1, -0.05) is 33.6 Å². The topological polar surface area (TPSA) is 152 Å². The number of fused-ring (bicyclic) bond motifs is 1. The van der Waals surface area contributed by atoms with Gasteiger partial charge in [-0.05, 0) is 0 Å². The number of esters is 2. The highest BCUT2D eigenvalue weighted by Crippen LogP contribution is 2.48. The summed E-state index contributed by atoms with van der Waals surface area (Å²) in [5, 5.41) is 11.3. The van der Waals surface area contributed by atoms with Crippen molar-refractivity contribution in [2.75, 3.05) is 12.3 Å². The van der Waals surface area contributed by atoms with Crippen LogP contribution in [0, 0.1) is 24.2 Å². The third-order valence-electron chi connectivity index (χ3n) is 4.93. The zero-order valence-corrected chi connectivity index (χ0v) is 18.0. The van der Waals surface area contributed by atoms with Crippen LogP contribution in [0.1, 0.15) is 33.9 Å². The van der Waals surface area contributed by atoms with E-state index in [1.54, 1.807) is 13.8 Å². The Bertz CT molecular complexity index is 1080. The third kappa shape index (κ3) is 3.85. The molecule has 3 heterocycles. The van der Waals surface area contributed by atoms with E-state index < -0.39 is 54.2 Å². The first-order chi connectivity index (χ1) is 14.9. The number of aliphatic hydroxyl groups is 1.